The molecule has 0 radical (unpaired) electrons. The molecule has 8 heteroatoms. The lowest BCUT2D eigenvalue weighted by Gasteiger charge is -2.18. The summed E-state index contributed by atoms with van der Waals surface area (Å²) in [5.74, 6) is 0.603. The van der Waals surface area contributed by atoms with E-state index in [-0.39, 0.29) is 23.1 Å². The Kier molecular flexibility index (Phi) is 7.20. The van der Waals surface area contributed by atoms with E-state index in [0.29, 0.717) is 28.9 Å². The van der Waals surface area contributed by atoms with Crippen molar-refractivity contribution in [3.8, 4) is 0 Å². The SMILES string of the molecule is COC(=O)C(CC(C)C)NC(=O)CSCc1nc2ccccc2c(=O)[nH]1. The molecule has 0 aliphatic carbocycles. The number of nitrogens with zero attached hydrogens (tertiary/aromatic N) is 1. The number of benzene rings is 1. The Morgan fingerprint density at radius 1 is 1.31 bits per heavy atom. The predicted octanol–water partition coefficient (Wildman–Crippen LogP) is 1.86. The minimum Gasteiger partial charge on any atom is -0.467 e. The number of rotatable bonds is 8. The summed E-state index contributed by atoms with van der Waals surface area (Å²) >= 11 is 1.32. The zero-order valence-corrected chi connectivity index (χ0v) is 15.9. The quantitative estimate of drug-likeness (QED) is 0.681. The Morgan fingerprint density at radius 3 is 2.73 bits per heavy atom. The monoisotopic (exact) mass is 377 g/mol. The molecule has 0 aliphatic heterocycles. The molecule has 0 spiro atoms. The van der Waals surface area contributed by atoms with E-state index in [2.05, 4.69) is 15.3 Å². The smallest absolute Gasteiger partial charge is 0.328 e. The van der Waals surface area contributed by atoms with Gasteiger partial charge in [-0.25, -0.2) is 9.78 Å². The van der Waals surface area contributed by atoms with E-state index < -0.39 is 12.0 Å². The topological polar surface area (TPSA) is 101 Å². The highest BCUT2D eigenvalue weighted by Gasteiger charge is 2.22. The first-order valence-corrected chi connectivity index (χ1v) is 9.49. The van der Waals surface area contributed by atoms with Gasteiger partial charge in [-0.05, 0) is 24.5 Å². The molecule has 26 heavy (non-hydrogen) atoms. The summed E-state index contributed by atoms with van der Waals surface area (Å²) in [7, 11) is 1.30. The van der Waals surface area contributed by atoms with E-state index >= 15 is 0 Å². The molecule has 0 bridgehead atoms. The van der Waals surface area contributed by atoms with Gasteiger partial charge in [0, 0.05) is 0 Å². The van der Waals surface area contributed by atoms with Gasteiger partial charge < -0.3 is 15.0 Å². The number of aromatic amines is 1. The number of aromatic nitrogens is 2. The van der Waals surface area contributed by atoms with Gasteiger partial charge in [0.2, 0.25) is 5.91 Å². The standard InChI is InChI=1S/C18H23N3O4S/c1-11(2)8-14(18(24)25-3)20-16(22)10-26-9-15-19-13-7-5-4-6-12(13)17(23)21-15/h4-7,11,14H,8-10H2,1-3H3,(H,20,22)(H,19,21,23). The van der Waals surface area contributed by atoms with Crippen LogP contribution >= 0.6 is 11.8 Å². The average Bonchev–Trinajstić information content (AvgIpc) is 2.60. The second-order valence-electron chi connectivity index (χ2n) is 6.30. The van der Waals surface area contributed by atoms with Crippen molar-refractivity contribution in [1.82, 2.24) is 15.3 Å². The Hall–Kier alpha value is -2.35. The lowest BCUT2D eigenvalue weighted by Crippen LogP contribution is -2.43. The molecule has 0 fully saturated rings. The summed E-state index contributed by atoms with van der Waals surface area (Å²) in [6.45, 7) is 3.94. The molecule has 1 unspecified atom stereocenters. The molecule has 2 rings (SSSR count). The van der Waals surface area contributed by atoms with E-state index in [4.69, 9.17) is 4.74 Å². The first-order chi connectivity index (χ1) is 12.4. The summed E-state index contributed by atoms with van der Waals surface area (Å²) in [5.41, 5.74) is 0.428. The number of hydrogen-bond donors (Lipinski definition) is 2. The average molecular weight is 377 g/mol. The Labute approximate surface area is 155 Å². The number of hydrogen-bond acceptors (Lipinski definition) is 6. The van der Waals surface area contributed by atoms with Crippen LogP contribution in [0.3, 0.4) is 0 Å². The highest BCUT2D eigenvalue weighted by molar-refractivity contribution is 7.99. The molecule has 1 aromatic carbocycles. The van der Waals surface area contributed by atoms with Crippen molar-refractivity contribution in [2.45, 2.75) is 32.1 Å². The van der Waals surface area contributed by atoms with Gasteiger partial charge in [-0.3, -0.25) is 9.59 Å². The Bertz CT molecular complexity index is 835. The summed E-state index contributed by atoms with van der Waals surface area (Å²) < 4.78 is 4.73. The molecule has 1 aromatic heterocycles. The van der Waals surface area contributed by atoms with Crippen LogP contribution in [0.1, 0.15) is 26.1 Å². The Balaban J connectivity index is 1.91. The maximum absolute atomic E-state index is 12.1. The van der Waals surface area contributed by atoms with E-state index in [0.717, 1.165) is 0 Å². The minimum absolute atomic E-state index is 0.155. The summed E-state index contributed by atoms with van der Waals surface area (Å²) in [6.07, 6.45) is 0.516. The predicted molar refractivity (Wildman–Crippen MR) is 102 cm³/mol. The first kappa shape index (κ1) is 20.0. The third-order valence-electron chi connectivity index (χ3n) is 3.66. The van der Waals surface area contributed by atoms with Crippen molar-refractivity contribution in [2.75, 3.05) is 12.9 Å². The van der Waals surface area contributed by atoms with Crippen molar-refractivity contribution in [2.24, 2.45) is 5.92 Å². The number of carbonyl (C=O) groups is 2. The zero-order valence-electron chi connectivity index (χ0n) is 15.1. The van der Waals surface area contributed by atoms with Gasteiger partial charge in [0.15, 0.2) is 0 Å². The summed E-state index contributed by atoms with van der Waals surface area (Å²) in [4.78, 5) is 43.0. The fraction of sp³-hybridized carbons (Fsp3) is 0.444. The number of carbonyl (C=O) groups excluding carboxylic acids is 2. The summed E-state index contributed by atoms with van der Waals surface area (Å²) in [6, 6.07) is 6.45. The third kappa shape index (κ3) is 5.59. The van der Waals surface area contributed by atoms with E-state index in [1.54, 1.807) is 18.2 Å². The number of fused-ring (bicyclic) bond motifs is 1. The molecule has 0 saturated carbocycles. The lowest BCUT2D eigenvalue weighted by molar-refractivity contribution is -0.145. The molecule has 7 nitrogen and oxygen atoms in total. The first-order valence-electron chi connectivity index (χ1n) is 8.33. The number of methoxy groups -OCH3 is 1. The number of nitrogens with one attached hydrogen (secondary N) is 2. The minimum atomic E-state index is -0.647. The fourth-order valence-electron chi connectivity index (χ4n) is 2.51. The molecule has 1 amide bonds. The molecule has 1 atom stereocenters. The van der Waals surface area contributed by atoms with Gasteiger partial charge in [0.1, 0.15) is 11.9 Å². The second-order valence-corrected chi connectivity index (χ2v) is 7.28. The highest BCUT2D eigenvalue weighted by Crippen LogP contribution is 2.12. The van der Waals surface area contributed by atoms with Gasteiger partial charge in [0.25, 0.3) is 5.56 Å². The molecular weight excluding hydrogens is 354 g/mol. The molecule has 2 N–H and O–H groups in total. The van der Waals surface area contributed by atoms with Crippen molar-refractivity contribution < 1.29 is 14.3 Å². The van der Waals surface area contributed by atoms with Crippen molar-refractivity contribution >= 4 is 34.5 Å². The van der Waals surface area contributed by atoms with Crippen LogP contribution in [0.5, 0.6) is 0 Å². The highest BCUT2D eigenvalue weighted by atomic mass is 32.2. The molecule has 140 valence electrons. The second kappa shape index (κ2) is 9.38. The van der Waals surface area contributed by atoms with E-state index in [1.807, 2.05) is 19.9 Å². The van der Waals surface area contributed by atoms with Crippen LogP contribution in [0.25, 0.3) is 10.9 Å². The molecular formula is C18H23N3O4S. The third-order valence-corrected chi connectivity index (χ3v) is 4.61. The number of amides is 1. The van der Waals surface area contributed by atoms with Crippen LogP contribution in [0.4, 0.5) is 0 Å². The van der Waals surface area contributed by atoms with Crippen LogP contribution in [0, 0.1) is 5.92 Å². The fourth-order valence-corrected chi connectivity index (χ4v) is 3.21. The number of esters is 1. The van der Waals surface area contributed by atoms with Crippen molar-refractivity contribution in [1.29, 1.82) is 0 Å². The van der Waals surface area contributed by atoms with Crippen molar-refractivity contribution in [3.63, 3.8) is 0 Å². The normalized spacial score (nSPS) is 12.2. The number of thioether (sulfide) groups is 1. The van der Waals surface area contributed by atoms with E-state index in [1.165, 1.54) is 18.9 Å². The molecule has 0 aliphatic rings. The van der Waals surface area contributed by atoms with Gasteiger partial charge in [-0.2, -0.15) is 0 Å². The largest absolute Gasteiger partial charge is 0.467 e. The van der Waals surface area contributed by atoms with Gasteiger partial charge in [-0.15, -0.1) is 11.8 Å². The van der Waals surface area contributed by atoms with Gasteiger partial charge >= 0.3 is 5.97 Å². The Morgan fingerprint density at radius 2 is 2.04 bits per heavy atom. The maximum Gasteiger partial charge on any atom is 0.328 e. The van der Waals surface area contributed by atoms with Gasteiger partial charge in [0.05, 0.1) is 29.5 Å². The maximum atomic E-state index is 12.1. The van der Waals surface area contributed by atoms with Crippen LogP contribution in [0.2, 0.25) is 0 Å². The van der Waals surface area contributed by atoms with Crippen LogP contribution in [0.15, 0.2) is 29.1 Å². The van der Waals surface area contributed by atoms with Crippen LogP contribution in [-0.4, -0.2) is 40.7 Å². The molecule has 0 saturated heterocycles. The van der Waals surface area contributed by atoms with Crippen LogP contribution in [-0.2, 0) is 20.1 Å². The van der Waals surface area contributed by atoms with Gasteiger partial charge in [-0.1, -0.05) is 26.0 Å². The molecule has 2 aromatic rings. The number of H-pyrrole nitrogens is 1. The van der Waals surface area contributed by atoms with E-state index in [9.17, 15) is 14.4 Å². The summed E-state index contributed by atoms with van der Waals surface area (Å²) in [5, 5.41) is 3.24. The number of para-hydroxylation sites is 1. The number of ether oxygens (including phenoxy) is 1. The lowest BCUT2D eigenvalue weighted by atomic mass is 10.0. The molecule has 1 heterocycles. The van der Waals surface area contributed by atoms with Crippen LogP contribution < -0.4 is 10.9 Å². The zero-order chi connectivity index (χ0) is 19.1. The van der Waals surface area contributed by atoms with Crippen molar-refractivity contribution in [3.05, 3.63) is 40.4 Å².